The highest BCUT2D eigenvalue weighted by atomic mass is 35.5. The number of rotatable bonds is 8. The lowest BCUT2D eigenvalue weighted by molar-refractivity contribution is 0.0450. The molecular weight excluding hydrogens is 708 g/mol. The number of imidazole rings is 1. The van der Waals surface area contributed by atoms with Gasteiger partial charge in [-0.1, -0.05) is 48.0 Å². The molecule has 2 saturated heterocycles. The largest absolute Gasteiger partial charge is 0.494 e. The molecule has 5 aromatic rings. The Morgan fingerprint density at radius 3 is 2.50 bits per heavy atom. The van der Waals surface area contributed by atoms with Gasteiger partial charge < -0.3 is 38.5 Å². The summed E-state index contributed by atoms with van der Waals surface area (Å²) >= 11 is 6.40. The van der Waals surface area contributed by atoms with E-state index in [4.69, 9.17) is 30.8 Å². The number of carbonyl (C=O) groups is 3. The van der Waals surface area contributed by atoms with Crippen LogP contribution in [0.25, 0.3) is 33.5 Å². The summed E-state index contributed by atoms with van der Waals surface area (Å²) in [6, 6.07) is 20.9. The molecule has 8 rings (SSSR count). The number of amides is 3. The molecule has 282 valence electrons. The van der Waals surface area contributed by atoms with Gasteiger partial charge in [0, 0.05) is 60.6 Å². The van der Waals surface area contributed by atoms with Crippen LogP contribution < -0.4 is 10.1 Å². The SMILES string of the molecule is COc1cc(C(=O)N2C[C@H]3CC[C@@H]2[C@@H]3NC(=O)OC(C)(C)C)cc2nc(-c3cc4ccc(Cl)cc4n3C)n(CC3CN(C(=O)OCc4ccccc4)C3)c12. The molecule has 12 nitrogen and oxygen atoms in total. The summed E-state index contributed by atoms with van der Waals surface area (Å²) in [4.78, 5) is 48.6. The first-order chi connectivity index (χ1) is 25.9. The summed E-state index contributed by atoms with van der Waals surface area (Å²) in [5.41, 5.74) is 4.04. The van der Waals surface area contributed by atoms with Crippen LogP contribution in [0.2, 0.25) is 5.02 Å². The van der Waals surface area contributed by atoms with Crippen molar-refractivity contribution in [1.29, 1.82) is 0 Å². The Balaban J connectivity index is 1.09. The number of hydrogen-bond acceptors (Lipinski definition) is 7. The molecule has 0 radical (unpaired) electrons. The van der Waals surface area contributed by atoms with Crippen molar-refractivity contribution >= 4 is 51.6 Å². The Morgan fingerprint density at radius 2 is 1.76 bits per heavy atom. The van der Waals surface area contributed by atoms with Crippen LogP contribution in [0.5, 0.6) is 5.75 Å². The van der Waals surface area contributed by atoms with E-state index < -0.39 is 11.7 Å². The van der Waals surface area contributed by atoms with Gasteiger partial charge in [-0.3, -0.25) is 4.79 Å². The van der Waals surface area contributed by atoms with Gasteiger partial charge in [-0.2, -0.15) is 0 Å². The molecule has 3 aliphatic rings. The number of ether oxygens (including phenoxy) is 3. The van der Waals surface area contributed by atoms with Crippen molar-refractivity contribution in [2.24, 2.45) is 18.9 Å². The number of nitrogens with zero attached hydrogens (tertiary/aromatic N) is 5. The summed E-state index contributed by atoms with van der Waals surface area (Å²) < 4.78 is 21.4. The molecule has 0 spiro atoms. The maximum atomic E-state index is 14.3. The maximum Gasteiger partial charge on any atom is 0.410 e. The predicted octanol–water partition coefficient (Wildman–Crippen LogP) is 7.25. The van der Waals surface area contributed by atoms with Crippen LogP contribution in [0.4, 0.5) is 9.59 Å². The highest BCUT2D eigenvalue weighted by molar-refractivity contribution is 6.31. The average Bonchev–Trinajstić information content (AvgIpc) is 3.87. The van der Waals surface area contributed by atoms with Gasteiger partial charge in [0.1, 0.15) is 23.5 Å². The van der Waals surface area contributed by atoms with E-state index in [-0.39, 0.29) is 42.5 Å². The molecule has 3 aromatic carbocycles. The molecule has 3 atom stereocenters. The van der Waals surface area contributed by atoms with Crippen molar-refractivity contribution in [1.82, 2.24) is 29.2 Å². The number of methoxy groups -OCH3 is 1. The Kier molecular flexibility index (Phi) is 9.20. The minimum absolute atomic E-state index is 0.127. The van der Waals surface area contributed by atoms with Crippen LogP contribution >= 0.6 is 11.6 Å². The number of aromatic nitrogens is 3. The fraction of sp³-hybridized carbons (Fsp3) is 0.415. The third-order valence-corrected chi connectivity index (χ3v) is 11.1. The van der Waals surface area contributed by atoms with Crippen LogP contribution in [0.1, 0.15) is 49.5 Å². The number of nitrogens with one attached hydrogen (secondary N) is 1. The molecule has 1 saturated carbocycles. The molecule has 0 unspecified atom stereocenters. The molecule has 13 heteroatoms. The number of hydrogen-bond donors (Lipinski definition) is 1. The topological polar surface area (TPSA) is 120 Å². The Hall–Kier alpha value is -5.23. The van der Waals surface area contributed by atoms with Crippen molar-refractivity contribution in [3.8, 4) is 17.3 Å². The van der Waals surface area contributed by atoms with Crippen LogP contribution in [0.3, 0.4) is 0 Å². The second kappa shape index (κ2) is 13.9. The predicted molar refractivity (Wildman–Crippen MR) is 206 cm³/mol. The highest BCUT2D eigenvalue weighted by Gasteiger charge is 2.50. The molecule has 1 aliphatic carbocycles. The average molecular weight is 753 g/mol. The van der Waals surface area contributed by atoms with Crippen LogP contribution in [0.15, 0.2) is 66.7 Å². The lowest BCUT2D eigenvalue weighted by Gasteiger charge is -2.38. The zero-order valence-corrected chi connectivity index (χ0v) is 31.9. The fourth-order valence-corrected chi connectivity index (χ4v) is 8.53. The highest BCUT2D eigenvalue weighted by Crippen LogP contribution is 2.41. The maximum absolute atomic E-state index is 14.3. The van der Waals surface area contributed by atoms with E-state index >= 15 is 0 Å². The van der Waals surface area contributed by atoms with Crippen molar-refractivity contribution < 1.29 is 28.6 Å². The molecule has 54 heavy (non-hydrogen) atoms. The summed E-state index contributed by atoms with van der Waals surface area (Å²) in [6.45, 7) is 7.91. The number of benzene rings is 3. The smallest absolute Gasteiger partial charge is 0.410 e. The molecule has 2 aliphatic heterocycles. The number of alkyl carbamates (subject to hydrolysis) is 1. The van der Waals surface area contributed by atoms with Crippen LogP contribution in [-0.4, -0.2) is 86.4 Å². The molecular formula is C41H45ClN6O6. The first-order valence-electron chi connectivity index (χ1n) is 18.5. The van der Waals surface area contributed by atoms with Crippen LogP contribution in [-0.2, 0) is 29.7 Å². The number of likely N-dealkylation sites (tertiary alicyclic amines) is 2. The van der Waals surface area contributed by atoms with Crippen molar-refractivity contribution in [2.75, 3.05) is 26.7 Å². The van der Waals surface area contributed by atoms with Gasteiger partial charge in [0.05, 0.1) is 30.4 Å². The molecule has 2 aromatic heterocycles. The van der Waals surface area contributed by atoms with Gasteiger partial charge >= 0.3 is 12.2 Å². The minimum atomic E-state index is -0.614. The Morgan fingerprint density at radius 1 is 0.981 bits per heavy atom. The number of piperidine rings is 1. The zero-order valence-electron chi connectivity index (χ0n) is 31.2. The summed E-state index contributed by atoms with van der Waals surface area (Å²) in [5, 5.41) is 4.71. The van der Waals surface area contributed by atoms with E-state index in [1.54, 1.807) is 18.1 Å². The van der Waals surface area contributed by atoms with Gasteiger partial charge in [-0.05, 0) is 75.4 Å². The Labute approximate surface area is 318 Å². The monoisotopic (exact) mass is 752 g/mol. The lowest BCUT2D eigenvalue weighted by atomic mass is 10.0. The first-order valence-corrected chi connectivity index (χ1v) is 18.8. The van der Waals surface area contributed by atoms with E-state index in [2.05, 4.69) is 20.5 Å². The van der Waals surface area contributed by atoms with Gasteiger partial charge in [-0.25, -0.2) is 14.6 Å². The van der Waals surface area contributed by atoms with E-state index in [0.29, 0.717) is 48.0 Å². The summed E-state index contributed by atoms with van der Waals surface area (Å²) in [7, 11) is 3.59. The van der Waals surface area contributed by atoms with Crippen molar-refractivity contribution in [3.05, 3.63) is 82.9 Å². The summed E-state index contributed by atoms with van der Waals surface area (Å²) in [6.07, 6.45) is 0.938. The van der Waals surface area contributed by atoms with Crippen molar-refractivity contribution in [2.45, 2.75) is 64.4 Å². The second-order valence-corrected chi connectivity index (χ2v) is 16.2. The quantitative estimate of drug-likeness (QED) is 0.177. The van der Waals surface area contributed by atoms with Gasteiger partial charge in [0.25, 0.3) is 5.91 Å². The molecule has 3 fully saturated rings. The van der Waals surface area contributed by atoms with Crippen molar-refractivity contribution in [3.63, 3.8) is 0 Å². The third-order valence-electron chi connectivity index (χ3n) is 10.9. The first kappa shape index (κ1) is 35.8. The van der Waals surface area contributed by atoms with E-state index in [0.717, 1.165) is 46.3 Å². The number of aryl methyl sites for hydroxylation is 1. The van der Waals surface area contributed by atoms with E-state index in [1.807, 2.05) is 87.3 Å². The number of carbonyl (C=O) groups excluding carboxylic acids is 3. The summed E-state index contributed by atoms with van der Waals surface area (Å²) in [5.74, 6) is 1.41. The van der Waals surface area contributed by atoms with Gasteiger partial charge in [-0.15, -0.1) is 0 Å². The van der Waals surface area contributed by atoms with Crippen LogP contribution in [0, 0.1) is 11.8 Å². The standard InChI is InChI=1S/C41H45ClN6O6/c1-41(2,3)54-39(50)44-35-27-12-14-31(35)47(22-27)38(49)28-15-30-36(34(17-28)52-5)48(37(43-30)33-16-26-11-13-29(42)18-32(26)45(33)4)21-25-19-46(20-25)40(51)53-23-24-9-7-6-8-10-24/h6-11,13,15-18,25,27,31,35H,12,14,19-23H2,1-5H3,(H,44,50)/t27-,31-,35-/m1/s1. The van der Waals surface area contributed by atoms with Gasteiger partial charge in [0.15, 0.2) is 5.82 Å². The Bertz CT molecular complexity index is 2250. The normalized spacial score (nSPS) is 19.7. The number of fused-ring (bicyclic) bond motifs is 4. The molecule has 3 amide bonds. The molecule has 2 bridgehead atoms. The minimum Gasteiger partial charge on any atom is -0.494 e. The van der Waals surface area contributed by atoms with E-state index in [1.165, 1.54) is 0 Å². The zero-order chi connectivity index (χ0) is 37.9. The molecule has 4 heterocycles. The molecule has 1 N–H and O–H groups in total. The van der Waals surface area contributed by atoms with E-state index in [9.17, 15) is 14.4 Å². The fourth-order valence-electron chi connectivity index (χ4n) is 8.36. The third kappa shape index (κ3) is 6.72. The second-order valence-electron chi connectivity index (χ2n) is 15.7. The number of halogens is 1. The lowest BCUT2D eigenvalue weighted by Crippen LogP contribution is -2.51. The van der Waals surface area contributed by atoms with Gasteiger partial charge in [0.2, 0.25) is 0 Å².